The number of carbonyl (C=O) groups excluding carboxylic acids is 2. The van der Waals surface area contributed by atoms with E-state index in [0.29, 0.717) is 30.0 Å². The average Bonchev–Trinajstić information content (AvgIpc) is 3.23. The minimum Gasteiger partial charge on any atom is -0.454 e. The topological polar surface area (TPSA) is 80.8 Å². The molecule has 0 unspecified atom stereocenters. The van der Waals surface area contributed by atoms with Gasteiger partial charge in [-0.15, -0.1) is 11.3 Å². The van der Waals surface area contributed by atoms with Gasteiger partial charge >= 0.3 is 5.97 Å². The number of Topliss-reactive ketones (excluding diaryl/α,β-unsaturated/α-hetero) is 1. The Labute approximate surface area is 173 Å². The van der Waals surface area contributed by atoms with Crippen molar-refractivity contribution < 1.29 is 22.7 Å². The van der Waals surface area contributed by atoms with Gasteiger partial charge in [0.1, 0.15) is 4.21 Å². The van der Waals surface area contributed by atoms with Crippen LogP contribution in [-0.4, -0.2) is 43.7 Å². The van der Waals surface area contributed by atoms with Crippen LogP contribution in [-0.2, 0) is 19.6 Å². The van der Waals surface area contributed by atoms with Crippen LogP contribution in [0.1, 0.15) is 30.1 Å². The van der Waals surface area contributed by atoms with E-state index in [-0.39, 0.29) is 16.5 Å². The fraction of sp³-hybridized carbons (Fsp3) is 0.368. The quantitative estimate of drug-likeness (QED) is 0.505. The fourth-order valence-electron chi connectivity index (χ4n) is 3.09. The van der Waals surface area contributed by atoms with Crippen LogP contribution in [0.25, 0.3) is 0 Å². The van der Waals surface area contributed by atoms with Crippen LogP contribution < -0.4 is 0 Å². The number of esters is 1. The molecular weight excluding hydrogens is 422 g/mol. The van der Waals surface area contributed by atoms with Crippen molar-refractivity contribution >= 4 is 44.7 Å². The number of sulfonamides is 1. The van der Waals surface area contributed by atoms with Gasteiger partial charge in [-0.05, 0) is 43.3 Å². The van der Waals surface area contributed by atoms with Gasteiger partial charge in [-0.3, -0.25) is 9.59 Å². The summed E-state index contributed by atoms with van der Waals surface area (Å²) >= 11 is 7.05. The molecule has 1 aromatic carbocycles. The zero-order chi connectivity index (χ0) is 20.3. The van der Waals surface area contributed by atoms with E-state index in [1.54, 1.807) is 35.7 Å². The van der Waals surface area contributed by atoms with Gasteiger partial charge in [0.2, 0.25) is 5.78 Å². The van der Waals surface area contributed by atoms with E-state index in [1.807, 2.05) is 0 Å². The first-order valence-corrected chi connectivity index (χ1v) is 11.5. The lowest BCUT2D eigenvalue weighted by Crippen LogP contribution is -2.43. The van der Waals surface area contributed by atoms with Gasteiger partial charge in [-0.25, -0.2) is 8.42 Å². The summed E-state index contributed by atoms with van der Waals surface area (Å²) in [5.41, 5.74) is 0.360. The number of hydrogen-bond acceptors (Lipinski definition) is 6. The van der Waals surface area contributed by atoms with Crippen LogP contribution in [0.3, 0.4) is 0 Å². The molecule has 6 nitrogen and oxygen atoms in total. The molecule has 1 saturated heterocycles. The second-order valence-corrected chi connectivity index (χ2v) is 10.1. The maximum atomic E-state index is 12.7. The van der Waals surface area contributed by atoms with Crippen LogP contribution in [0, 0.1) is 5.92 Å². The first kappa shape index (κ1) is 21.0. The zero-order valence-corrected chi connectivity index (χ0v) is 17.6. The molecule has 150 valence electrons. The Morgan fingerprint density at radius 2 is 2.07 bits per heavy atom. The maximum absolute atomic E-state index is 12.7. The average molecular weight is 442 g/mol. The van der Waals surface area contributed by atoms with E-state index >= 15 is 0 Å². The van der Waals surface area contributed by atoms with Gasteiger partial charge in [0, 0.05) is 23.7 Å². The molecule has 1 fully saturated rings. The summed E-state index contributed by atoms with van der Waals surface area (Å²) in [5.74, 6) is -1.51. The van der Waals surface area contributed by atoms with E-state index in [1.165, 1.54) is 17.3 Å². The Morgan fingerprint density at radius 1 is 1.29 bits per heavy atom. The van der Waals surface area contributed by atoms with E-state index < -0.39 is 28.0 Å². The summed E-state index contributed by atoms with van der Waals surface area (Å²) in [6.45, 7) is 1.92. The normalized spacial score (nSPS) is 19.1. The highest BCUT2D eigenvalue weighted by atomic mass is 35.5. The minimum absolute atomic E-state index is 0.0527. The monoisotopic (exact) mass is 441 g/mol. The Balaban J connectivity index is 1.65. The second-order valence-electron chi connectivity index (χ2n) is 6.59. The van der Waals surface area contributed by atoms with Gasteiger partial charge in [0.25, 0.3) is 10.0 Å². The van der Waals surface area contributed by atoms with Crippen molar-refractivity contribution in [2.24, 2.45) is 5.92 Å². The number of thiophene rings is 1. The smallest absolute Gasteiger partial charge is 0.310 e. The highest BCUT2D eigenvalue weighted by Crippen LogP contribution is 2.27. The predicted molar refractivity (Wildman–Crippen MR) is 107 cm³/mol. The van der Waals surface area contributed by atoms with E-state index in [2.05, 4.69) is 0 Å². The lowest BCUT2D eigenvalue weighted by atomic mass is 9.99. The van der Waals surface area contributed by atoms with Gasteiger partial charge in [-0.2, -0.15) is 4.31 Å². The highest BCUT2D eigenvalue weighted by molar-refractivity contribution is 7.91. The Kier molecular flexibility index (Phi) is 6.54. The molecule has 28 heavy (non-hydrogen) atoms. The summed E-state index contributed by atoms with van der Waals surface area (Å²) in [7, 11) is -3.62. The second kappa shape index (κ2) is 8.73. The Bertz CT molecular complexity index is 958. The summed E-state index contributed by atoms with van der Waals surface area (Å²) in [5, 5.41) is 2.12. The van der Waals surface area contributed by atoms with E-state index in [0.717, 1.165) is 11.3 Å². The molecule has 2 atom stereocenters. The van der Waals surface area contributed by atoms with Crippen molar-refractivity contribution in [2.75, 3.05) is 13.1 Å². The Morgan fingerprint density at radius 3 is 2.75 bits per heavy atom. The summed E-state index contributed by atoms with van der Waals surface area (Å²) in [6, 6.07) is 9.65. The first-order chi connectivity index (χ1) is 13.3. The molecule has 0 bridgehead atoms. The number of rotatable bonds is 6. The van der Waals surface area contributed by atoms with E-state index in [4.69, 9.17) is 16.3 Å². The first-order valence-electron chi connectivity index (χ1n) is 8.83. The molecule has 2 aromatic rings. The molecule has 0 saturated carbocycles. The molecule has 9 heteroatoms. The van der Waals surface area contributed by atoms with Crippen LogP contribution in [0.4, 0.5) is 0 Å². The number of benzene rings is 1. The third-order valence-electron chi connectivity index (χ3n) is 4.58. The summed E-state index contributed by atoms with van der Waals surface area (Å²) < 4.78 is 32.3. The number of ketones is 1. The molecular formula is C19H20ClNO5S2. The van der Waals surface area contributed by atoms with Crippen molar-refractivity contribution in [1.29, 1.82) is 0 Å². The van der Waals surface area contributed by atoms with Crippen LogP contribution >= 0.6 is 22.9 Å². The van der Waals surface area contributed by atoms with Gasteiger partial charge in [-0.1, -0.05) is 29.8 Å². The molecule has 0 N–H and O–H groups in total. The number of carbonyl (C=O) groups is 2. The van der Waals surface area contributed by atoms with Gasteiger partial charge in [0.05, 0.1) is 5.92 Å². The minimum atomic E-state index is -3.62. The number of ether oxygens (including phenoxy) is 1. The summed E-state index contributed by atoms with van der Waals surface area (Å²) in [6.07, 6.45) is 0.101. The highest BCUT2D eigenvalue weighted by Gasteiger charge is 2.35. The van der Waals surface area contributed by atoms with Gasteiger partial charge < -0.3 is 4.74 Å². The van der Waals surface area contributed by atoms with Crippen molar-refractivity contribution in [2.45, 2.75) is 30.1 Å². The van der Waals surface area contributed by atoms with Crippen molar-refractivity contribution in [3.05, 3.63) is 52.4 Å². The van der Waals surface area contributed by atoms with Crippen LogP contribution in [0.2, 0.25) is 5.02 Å². The van der Waals surface area contributed by atoms with E-state index in [9.17, 15) is 18.0 Å². The SMILES string of the molecule is C[C@H](OC(=O)[C@@H]1CCCN(S(=O)(=O)c2cccs2)C1)C(=O)c1cccc(Cl)c1. The number of hydrogen-bond donors (Lipinski definition) is 0. The predicted octanol–water partition coefficient (Wildman–Crippen LogP) is 3.62. The van der Waals surface area contributed by atoms with Crippen molar-refractivity contribution in [3.63, 3.8) is 0 Å². The number of nitrogens with zero attached hydrogens (tertiary/aromatic N) is 1. The van der Waals surface area contributed by atoms with Crippen molar-refractivity contribution in [1.82, 2.24) is 4.31 Å². The molecule has 0 amide bonds. The molecule has 0 spiro atoms. The third kappa shape index (κ3) is 4.63. The molecule has 0 aliphatic carbocycles. The molecule has 1 aromatic heterocycles. The fourth-order valence-corrected chi connectivity index (χ4v) is 5.95. The maximum Gasteiger partial charge on any atom is 0.310 e. The Hall–Kier alpha value is -1.74. The summed E-state index contributed by atoms with van der Waals surface area (Å²) in [4.78, 5) is 25.0. The molecule has 2 heterocycles. The molecule has 1 aliphatic rings. The third-order valence-corrected chi connectivity index (χ3v) is 8.05. The molecule has 1 aliphatic heterocycles. The molecule has 3 rings (SSSR count). The van der Waals surface area contributed by atoms with Crippen LogP contribution in [0.5, 0.6) is 0 Å². The number of piperidine rings is 1. The molecule has 0 radical (unpaired) electrons. The largest absolute Gasteiger partial charge is 0.454 e. The lowest BCUT2D eigenvalue weighted by molar-refractivity contribution is -0.152. The van der Waals surface area contributed by atoms with Gasteiger partial charge in [0.15, 0.2) is 6.10 Å². The van der Waals surface area contributed by atoms with Crippen molar-refractivity contribution in [3.8, 4) is 0 Å². The standard InChI is InChI=1S/C19H20ClNO5S2/c1-13(18(22)14-5-2-7-16(20)11-14)26-19(23)15-6-3-9-21(12-15)28(24,25)17-8-4-10-27-17/h2,4-5,7-8,10-11,13,15H,3,6,9,12H2,1H3/t13-,15+/m0/s1. The van der Waals surface area contributed by atoms with Crippen LogP contribution in [0.15, 0.2) is 46.0 Å². The zero-order valence-electron chi connectivity index (χ0n) is 15.2. The number of halogens is 1. The lowest BCUT2D eigenvalue weighted by Gasteiger charge is -2.30.